The van der Waals surface area contributed by atoms with Gasteiger partial charge in [-0.15, -0.1) is 0 Å². The standard InChI is InChI=1S/C19H23O3/c1-20-17-14-13-16(18(21-2)19(17)22-3)12-8-7-11-15-9-5-4-6-10-15/h4-6,9-10,14H,7-8,11-12H2,1-3H3. The van der Waals surface area contributed by atoms with Crippen molar-refractivity contribution in [2.75, 3.05) is 21.3 Å². The molecule has 0 N–H and O–H groups in total. The van der Waals surface area contributed by atoms with E-state index < -0.39 is 0 Å². The Bertz CT molecular complexity index is 579. The van der Waals surface area contributed by atoms with Crippen molar-refractivity contribution < 1.29 is 14.2 Å². The first-order valence-electron chi connectivity index (χ1n) is 7.53. The predicted molar refractivity (Wildman–Crippen MR) is 88.0 cm³/mol. The molecule has 0 unspecified atom stereocenters. The minimum atomic E-state index is 0.641. The van der Waals surface area contributed by atoms with Crippen molar-refractivity contribution in [2.24, 2.45) is 0 Å². The van der Waals surface area contributed by atoms with Gasteiger partial charge in [0.2, 0.25) is 5.75 Å². The maximum absolute atomic E-state index is 5.49. The highest BCUT2D eigenvalue weighted by Gasteiger charge is 2.15. The van der Waals surface area contributed by atoms with Crippen LogP contribution < -0.4 is 14.2 Å². The zero-order valence-corrected chi connectivity index (χ0v) is 13.5. The van der Waals surface area contributed by atoms with E-state index in [-0.39, 0.29) is 0 Å². The first-order valence-corrected chi connectivity index (χ1v) is 7.53. The van der Waals surface area contributed by atoms with Crippen molar-refractivity contribution in [2.45, 2.75) is 25.7 Å². The van der Waals surface area contributed by atoms with Crippen molar-refractivity contribution in [3.8, 4) is 17.2 Å². The summed E-state index contributed by atoms with van der Waals surface area (Å²) in [6.45, 7) is 0. The third kappa shape index (κ3) is 3.94. The molecule has 2 aromatic rings. The van der Waals surface area contributed by atoms with Crippen LogP contribution in [0.3, 0.4) is 0 Å². The van der Waals surface area contributed by atoms with Crippen LogP contribution in [0.15, 0.2) is 36.4 Å². The number of aryl methyl sites for hydroxylation is 2. The number of hydrogen-bond acceptors (Lipinski definition) is 3. The van der Waals surface area contributed by atoms with Crippen LogP contribution >= 0.6 is 0 Å². The largest absolute Gasteiger partial charge is 0.493 e. The van der Waals surface area contributed by atoms with Crippen LogP contribution in [0.5, 0.6) is 17.2 Å². The van der Waals surface area contributed by atoms with Crippen LogP contribution in [-0.4, -0.2) is 21.3 Å². The van der Waals surface area contributed by atoms with E-state index in [0.717, 1.165) is 37.0 Å². The van der Waals surface area contributed by atoms with Gasteiger partial charge in [0.1, 0.15) is 0 Å². The second kappa shape index (κ2) is 8.32. The van der Waals surface area contributed by atoms with Crippen LogP contribution in [0, 0.1) is 6.07 Å². The average molecular weight is 299 g/mol. The van der Waals surface area contributed by atoms with E-state index in [0.29, 0.717) is 11.5 Å². The Morgan fingerprint density at radius 2 is 1.50 bits per heavy atom. The van der Waals surface area contributed by atoms with Crippen molar-refractivity contribution in [1.82, 2.24) is 0 Å². The topological polar surface area (TPSA) is 27.7 Å². The molecular weight excluding hydrogens is 276 g/mol. The number of hydrogen-bond donors (Lipinski definition) is 0. The molecule has 0 bridgehead atoms. The normalized spacial score (nSPS) is 10.3. The van der Waals surface area contributed by atoms with E-state index in [2.05, 4.69) is 30.3 Å². The van der Waals surface area contributed by atoms with E-state index >= 15 is 0 Å². The van der Waals surface area contributed by atoms with Gasteiger partial charge in [0.25, 0.3) is 0 Å². The minimum absolute atomic E-state index is 0.641. The number of benzene rings is 2. The zero-order valence-electron chi connectivity index (χ0n) is 13.5. The highest BCUT2D eigenvalue weighted by Crippen LogP contribution is 2.39. The van der Waals surface area contributed by atoms with Crippen LogP contribution in [0.25, 0.3) is 0 Å². The lowest BCUT2D eigenvalue weighted by molar-refractivity contribution is 0.322. The Morgan fingerprint density at radius 1 is 0.818 bits per heavy atom. The average Bonchev–Trinajstić information content (AvgIpc) is 2.58. The molecular formula is C19H23O3. The fraction of sp³-hybridized carbons (Fsp3) is 0.368. The Kier molecular flexibility index (Phi) is 6.13. The van der Waals surface area contributed by atoms with Gasteiger partial charge in [-0.1, -0.05) is 30.3 Å². The highest BCUT2D eigenvalue weighted by molar-refractivity contribution is 5.55. The van der Waals surface area contributed by atoms with Crippen LogP contribution in [0.1, 0.15) is 24.0 Å². The van der Waals surface area contributed by atoms with Gasteiger partial charge < -0.3 is 14.2 Å². The molecule has 0 aliphatic rings. The van der Waals surface area contributed by atoms with Crippen LogP contribution in [0.4, 0.5) is 0 Å². The second-order valence-corrected chi connectivity index (χ2v) is 5.09. The molecule has 1 radical (unpaired) electrons. The fourth-order valence-electron chi connectivity index (χ4n) is 2.55. The van der Waals surface area contributed by atoms with E-state index in [4.69, 9.17) is 14.2 Å². The molecule has 0 fully saturated rings. The first-order chi connectivity index (χ1) is 10.8. The molecule has 3 nitrogen and oxygen atoms in total. The molecule has 22 heavy (non-hydrogen) atoms. The monoisotopic (exact) mass is 299 g/mol. The molecule has 0 aliphatic heterocycles. The van der Waals surface area contributed by atoms with E-state index in [1.165, 1.54) is 5.56 Å². The second-order valence-electron chi connectivity index (χ2n) is 5.09. The molecule has 0 aliphatic carbocycles. The lowest BCUT2D eigenvalue weighted by atomic mass is 10.0. The van der Waals surface area contributed by atoms with E-state index in [1.54, 1.807) is 21.3 Å². The molecule has 0 saturated heterocycles. The molecule has 0 aromatic heterocycles. The van der Waals surface area contributed by atoms with Gasteiger partial charge in [-0.05, 0) is 43.4 Å². The van der Waals surface area contributed by atoms with E-state index in [1.807, 2.05) is 12.1 Å². The summed E-state index contributed by atoms with van der Waals surface area (Å²) in [5, 5.41) is 0. The number of ether oxygens (including phenoxy) is 3. The van der Waals surface area contributed by atoms with Gasteiger partial charge >= 0.3 is 0 Å². The lowest BCUT2D eigenvalue weighted by Gasteiger charge is -2.15. The Balaban J connectivity index is 1.97. The smallest absolute Gasteiger partial charge is 0.203 e. The van der Waals surface area contributed by atoms with Gasteiger partial charge in [-0.2, -0.15) is 0 Å². The summed E-state index contributed by atoms with van der Waals surface area (Å²) in [6.07, 6.45) is 4.22. The summed E-state index contributed by atoms with van der Waals surface area (Å²) in [4.78, 5) is 0. The van der Waals surface area contributed by atoms with Crippen molar-refractivity contribution in [1.29, 1.82) is 0 Å². The fourth-order valence-corrected chi connectivity index (χ4v) is 2.55. The van der Waals surface area contributed by atoms with Gasteiger partial charge in [0.15, 0.2) is 11.5 Å². The van der Waals surface area contributed by atoms with E-state index in [9.17, 15) is 0 Å². The lowest BCUT2D eigenvalue weighted by Crippen LogP contribution is -1.99. The molecule has 0 heterocycles. The summed E-state index contributed by atoms with van der Waals surface area (Å²) in [6, 6.07) is 15.6. The summed E-state index contributed by atoms with van der Waals surface area (Å²) in [5.41, 5.74) is 2.42. The number of rotatable bonds is 8. The molecule has 0 atom stereocenters. The molecule has 2 aromatic carbocycles. The Hall–Kier alpha value is -2.16. The summed E-state index contributed by atoms with van der Waals surface area (Å²) in [7, 11) is 4.89. The van der Waals surface area contributed by atoms with Crippen molar-refractivity contribution >= 4 is 0 Å². The van der Waals surface area contributed by atoms with Gasteiger partial charge in [-0.25, -0.2) is 0 Å². The summed E-state index contributed by atoms with van der Waals surface area (Å²) in [5.74, 6) is 2.01. The summed E-state index contributed by atoms with van der Waals surface area (Å²) >= 11 is 0. The van der Waals surface area contributed by atoms with Gasteiger partial charge in [0, 0.05) is 5.56 Å². The Morgan fingerprint density at radius 3 is 2.14 bits per heavy atom. The summed E-state index contributed by atoms with van der Waals surface area (Å²) < 4.78 is 16.2. The highest BCUT2D eigenvalue weighted by atomic mass is 16.5. The SMILES string of the molecule is COc1c[c]c(CCCCc2ccccc2)c(OC)c1OC. The Labute approximate surface area is 132 Å². The van der Waals surface area contributed by atoms with Crippen molar-refractivity contribution in [3.05, 3.63) is 53.6 Å². The quantitative estimate of drug-likeness (QED) is 0.687. The predicted octanol–water partition coefficient (Wildman–Crippen LogP) is 4.08. The van der Waals surface area contributed by atoms with Crippen molar-refractivity contribution in [3.63, 3.8) is 0 Å². The molecule has 0 amide bonds. The first kappa shape index (κ1) is 16.2. The van der Waals surface area contributed by atoms with Crippen LogP contribution in [-0.2, 0) is 12.8 Å². The third-order valence-corrected chi connectivity index (χ3v) is 3.69. The number of unbranched alkanes of at least 4 members (excludes halogenated alkanes) is 1. The zero-order chi connectivity index (χ0) is 15.8. The van der Waals surface area contributed by atoms with Gasteiger partial charge in [0.05, 0.1) is 21.3 Å². The molecule has 117 valence electrons. The molecule has 3 heteroatoms. The van der Waals surface area contributed by atoms with Gasteiger partial charge in [-0.3, -0.25) is 0 Å². The third-order valence-electron chi connectivity index (χ3n) is 3.69. The molecule has 0 spiro atoms. The molecule has 2 rings (SSSR count). The minimum Gasteiger partial charge on any atom is -0.493 e. The maximum Gasteiger partial charge on any atom is 0.203 e. The number of methoxy groups -OCH3 is 3. The molecule has 0 saturated carbocycles. The van der Waals surface area contributed by atoms with Crippen LogP contribution in [0.2, 0.25) is 0 Å². The maximum atomic E-state index is 5.49.